The van der Waals surface area contributed by atoms with Crippen LogP contribution in [0.25, 0.3) is 11.1 Å². The first-order valence-electron chi connectivity index (χ1n) is 12.2. The Labute approximate surface area is 206 Å². The van der Waals surface area contributed by atoms with Gasteiger partial charge < -0.3 is 20.5 Å². The van der Waals surface area contributed by atoms with Gasteiger partial charge in [-0.1, -0.05) is 61.7 Å². The molecule has 6 heteroatoms. The zero-order valence-corrected chi connectivity index (χ0v) is 20.0. The highest BCUT2D eigenvalue weighted by Crippen LogP contribution is 2.31. The van der Waals surface area contributed by atoms with Crippen molar-refractivity contribution in [2.24, 2.45) is 0 Å². The van der Waals surface area contributed by atoms with Crippen molar-refractivity contribution >= 4 is 11.8 Å². The number of benzene rings is 3. The van der Waals surface area contributed by atoms with E-state index in [1.54, 1.807) is 31.4 Å². The summed E-state index contributed by atoms with van der Waals surface area (Å²) in [6.07, 6.45) is 5.77. The summed E-state index contributed by atoms with van der Waals surface area (Å²) in [6, 6.07) is 21.1. The van der Waals surface area contributed by atoms with Crippen molar-refractivity contribution in [3.05, 3.63) is 83.9 Å². The summed E-state index contributed by atoms with van der Waals surface area (Å²) < 4.78 is 5.20. The zero-order valence-electron chi connectivity index (χ0n) is 20.0. The van der Waals surface area contributed by atoms with E-state index in [2.05, 4.69) is 10.6 Å². The van der Waals surface area contributed by atoms with E-state index >= 15 is 0 Å². The molecule has 1 atom stereocenters. The maximum Gasteiger partial charge on any atom is 0.251 e. The smallest absolute Gasteiger partial charge is 0.251 e. The molecule has 6 nitrogen and oxygen atoms in total. The number of carbonyl (C=O) groups excluding carboxylic acids is 2. The average molecular weight is 473 g/mol. The van der Waals surface area contributed by atoms with Crippen LogP contribution in [0, 0.1) is 0 Å². The number of carbonyl (C=O) groups is 2. The minimum absolute atomic E-state index is 0.0718. The molecular formula is C29H32N2O4. The SMILES string of the molecule is COc1ccc(-c2cc(C(=O)N[C@@H](Cc3ccccc3)C(=O)NC3CCCCC3)ccc2O)cc1. The van der Waals surface area contributed by atoms with Crippen LogP contribution in [-0.2, 0) is 11.2 Å². The minimum atomic E-state index is -0.704. The van der Waals surface area contributed by atoms with E-state index in [1.165, 1.54) is 12.5 Å². The number of nitrogens with one attached hydrogen (secondary N) is 2. The summed E-state index contributed by atoms with van der Waals surface area (Å²) in [6.45, 7) is 0. The number of rotatable bonds is 8. The lowest BCUT2D eigenvalue weighted by Gasteiger charge is -2.26. The van der Waals surface area contributed by atoms with Crippen molar-refractivity contribution in [1.82, 2.24) is 10.6 Å². The molecule has 35 heavy (non-hydrogen) atoms. The molecule has 0 aromatic heterocycles. The molecule has 1 saturated carbocycles. The van der Waals surface area contributed by atoms with Crippen molar-refractivity contribution in [3.63, 3.8) is 0 Å². The third-order valence-electron chi connectivity index (χ3n) is 6.52. The van der Waals surface area contributed by atoms with Crippen LogP contribution in [0.1, 0.15) is 48.0 Å². The third-order valence-corrected chi connectivity index (χ3v) is 6.52. The van der Waals surface area contributed by atoms with Crippen molar-refractivity contribution in [3.8, 4) is 22.6 Å². The Hall–Kier alpha value is -3.80. The monoisotopic (exact) mass is 472 g/mol. The van der Waals surface area contributed by atoms with Gasteiger partial charge in [-0.15, -0.1) is 0 Å². The molecule has 3 N–H and O–H groups in total. The van der Waals surface area contributed by atoms with Crippen LogP contribution in [-0.4, -0.2) is 36.1 Å². The van der Waals surface area contributed by atoms with E-state index in [-0.39, 0.29) is 23.6 Å². The van der Waals surface area contributed by atoms with Gasteiger partial charge in [-0.25, -0.2) is 0 Å². The van der Waals surface area contributed by atoms with Crippen molar-refractivity contribution in [1.29, 1.82) is 0 Å². The fourth-order valence-corrected chi connectivity index (χ4v) is 4.53. The quantitative estimate of drug-likeness (QED) is 0.437. The Morgan fingerprint density at radius 1 is 0.971 bits per heavy atom. The highest BCUT2D eigenvalue weighted by Gasteiger charge is 2.25. The maximum absolute atomic E-state index is 13.2. The van der Waals surface area contributed by atoms with E-state index in [4.69, 9.17) is 4.74 Å². The Bertz CT molecular complexity index is 1140. The standard InChI is InChI=1S/C29H32N2O4/c1-35-24-15-12-21(13-16-24)25-19-22(14-17-27(25)32)28(33)31-26(18-20-8-4-2-5-9-20)29(34)30-23-10-6-3-7-11-23/h2,4-5,8-9,12-17,19,23,26,32H,3,6-7,10-11,18H2,1H3,(H,30,34)(H,31,33)/t26-/m0/s1. The third kappa shape index (κ3) is 6.41. The van der Waals surface area contributed by atoms with E-state index in [1.807, 2.05) is 42.5 Å². The molecule has 1 aliphatic rings. The molecule has 4 rings (SSSR count). The molecule has 0 bridgehead atoms. The van der Waals surface area contributed by atoms with Gasteiger partial charge in [0, 0.05) is 23.6 Å². The summed E-state index contributed by atoms with van der Waals surface area (Å²) in [5.41, 5.74) is 2.64. The highest BCUT2D eigenvalue weighted by molar-refractivity contribution is 5.99. The van der Waals surface area contributed by atoms with Crippen molar-refractivity contribution < 1.29 is 19.4 Å². The second kappa shape index (κ2) is 11.6. The lowest BCUT2D eigenvalue weighted by atomic mass is 9.95. The van der Waals surface area contributed by atoms with Gasteiger partial charge in [-0.2, -0.15) is 0 Å². The zero-order chi connectivity index (χ0) is 24.6. The van der Waals surface area contributed by atoms with Crippen LogP contribution in [0.5, 0.6) is 11.5 Å². The van der Waals surface area contributed by atoms with Crippen LogP contribution in [0.15, 0.2) is 72.8 Å². The van der Waals surface area contributed by atoms with Crippen LogP contribution < -0.4 is 15.4 Å². The van der Waals surface area contributed by atoms with Crippen LogP contribution in [0.3, 0.4) is 0 Å². The summed E-state index contributed by atoms with van der Waals surface area (Å²) in [4.78, 5) is 26.5. The number of phenols is 1. The average Bonchev–Trinajstić information content (AvgIpc) is 2.90. The molecule has 1 aliphatic carbocycles. The van der Waals surface area contributed by atoms with Gasteiger partial charge in [0.1, 0.15) is 17.5 Å². The largest absolute Gasteiger partial charge is 0.507 e. The normalized spacial score (nSPS) is 14.7. The predicted molar refractivity (Wildman–Crippen MR) is 137 cm³/mol. The van der Waals surface area contributed by atoms with E-state index in [9.17, 15) is 14.7 Å². The lowest BCUT2D eigenvalue weighted by Crippen LogP contribution is -2.51. The molecule has 1 fully saturated rings. The van der Waals surface area contributed by atoms with Gasteiger partial charge >= 0.3 is 0 Å². The first-order chi connectivity index (χ1) is 17.0. The minimum Gasteiger partial charge on any atom is -0.507 e. The van der Waals surface area contributed by atoms with Crippen LogP contribution in [0.2, 0.25) is 0 Å². The number of amides is 2. The second-order valence-electron chi connectivity index (χ2n) is 9.02. The summed E-state index contributed by atoms with van der Waals surface area (Å²) in [5, 5.41) is 16.5. The number of aromatic hydroxyl groups is 1. The fraction of sp³-hybridized carbons (Fsp3) is 0.310. The van der Waals surface area contributed by atoms with Gasteiger partial charge in [0.05, 0.1) is 7.11 Å². The molecule has 0 unspecified atom stereocenters. The number of hydrogen-bond acceptors (Lipinski definition) is 4. The molecule has 182 valence electrons. The molecule has 2 amide bonds. The number of hydrogen-bond donors (Lipinski definition) is 3. The summed E-state index contributed by atoms with van der Waals surface area (Å²) in [7, 11) is 1.59. The highest BCUT2D eigenvalue weighted by atomic mass is 16.5. The van der Waals surface area contributed by atoms with E-state index in [0.717, 1.165) is 36.8 Å². The Kier molecular flexibility index (Phi) is 8.03. The van der Waals surface area contributed by atoms with Gasteiger partial charge in [-0.3, -0.25) is 9.59 Å². The summed E-state index contributed by atoms with van der Waals surface area (Å²) in [5.74, 6) is 0.250. The molecule has 0 saturated heterocycles. The van der Waals surface area contributed by atoms with Crippen LogP contribution >= 0.6 is 0 Å². The molecular weight excluding hydrogens is 440 g/mol. The van der Waals surface area contributed by atoms with Gasteiger partial charge in [0.15, 0.2) is 0 Å². The molecule has 0 heterocycles. The summed E-state index contributed by atoms with van der Waals surface area (Å²) >= 11 is 0. The van der Waals surface area contributed by atoms with Crippen molar-refractivity contribution in [2.45, 2.75) is 50.6 Å². The number of methoxy groups -OCH3 is 1. The first-order valence-corrected chi connectivity index (χ1v) is 12.2. The van der Waals surface area contributed by atoms with Crippen molar-refractivity contribution in [2.75, 3.05) is 7.11 Å². The van der Waals surface area contributed by atoms with E-state index < -0.39 is 6.04 Å². The molecule has 0 spiro atoms. The van der Waals surface area contributed by atoms with Gasteiger partial charge in [0.25, 0.3) is 5.91 Å². The first kappa shape index (κ1) is 24.3. The lowest BCUT2D eigenvalue weighted by molar-refractivity contribution is -0.123. The Balaban J connectivity index is 1.53. The second-order valence-corrected chi connectivity index (χ2v) is 9.02. The molecule has 3 aromatic carbocycles. The Morgan fingerprint density at radius 2 is 1.69 bits per heavy atom. The topological polar surface area (TPSA) is 87.7 Å². The van der Waals surface area contributed by atoms with Crippen LogP contribution in [0.4, 0.5) is 0 Å². The number of ether oxygens (including phenoxy) is 1. The fourth-order valence-electron chi connectivity index (χ4n) is 4.53. The van der Waals surface area contributed by atoms with E-state index in [0.29, 0.717) is 23.3 Å². The van der Waals surface area contributed by atoms with Gasteiger partial charge in [-0.05, 0) is 54.3 Å². The molecule has 0 aliphatic heterocycles. The molecule has 0 radical (unpaired) electrons. The predicted octanol–water partition coefficient (Wildman–Crippen LogP) is 4.86. The maximum atomic E-state index is 13.2. The number of phenolic OH excluding ortho intramolecular Hbond substituents is 1. The molecule has 3 aromatic rings. The van der Waals surface area contributed by atoms with Gasteiger partial charge in [0.2, 0.25) is 5.91 Å². The Morgan fingerprint density at radius 3 is 2.37 bits per heavy atom.